The minimum atomic E-state index is -0.469. The minimum absolute atomic E-state index is 0.168. The van der Waals surface area contributed by atoms with Gasteiger partial charge in [0, 0.05) is 31.3 Å². The van der Waals surface area contributed by atoms with E-state index < -0.39 is 6.10 Å². The molecule has 1 aromatic heterocycles. The Kier molecular flexibility index (Phi) is 5.71. The van der Waals surface area contributed by atoms with Crippen LogP contribution in [-0.2, 0) is 22.5 Å². The van der Waals surface area contributed by atoms with E-state index in [-0.39, 0.29) is 5.91 Å². The number of aryl methyl sites for hydroxylation is 1. The van der Waals surface area contributed by atoms with E-state index in [4.69, 9.17) is 16.3 Å². The van der Waals surface area contributed by atoms with Gasteiger partial charge in [-0.2, -0.15) is 0 Å². The third-order valence-corrected chi connectivity index (χ3v) is 4.86. The summed E-state index contributed by atoms with van der Waals surface area (Å²) >= 11 is 6.41. The smallest absolute Gasteiger partial charge is 0.253 e. The number of fused-ring (bicyclic) bond motifs is 1. The SMILES string of the molecule is CCC(OC)C(=O)Nc1ccc(Cl)c(-c2nnc3n2CCCCC3)c1. The number of hydrogen-bond donors (Lipinski definition) is 1. The first-order chi connectivity index (χ1) is 12.1. The van der Waals surface area contributed by atoms with Gasteiger partial charge in [-0.15, -0.1) is 10.2 Å². The molecule has 1 aliphatic heterocycles. The van der Waals surface area contributed by atoms with Crippen molar-refractivity contribution in [3.05, 3.63) is 29.0 Å². The number of nitrogens with zero attached hydrogens (tertiary/aromatic N) is 3. The maximum Gasteiger partial charge on any atom is 0.253 e. The average molecular weight is 363 g/mol. The molecule has 1 aliphatic rings. The first-order valence-electron chi connectivity index (χ1n) is 8.69. The zero-order chi connectivity index (χ0) is 17.8. The Bertz CT molecular complexity index is 756. The van der Waals surface area contributed by atoms with Crippen molar-refractivity contribution in [2.45, 2.75) is 51.7 Å². The minimum Gasteiger partial charge on any atom is -0.372 e. The van der Waals surface area contributed by atoms with Crippen molar-refractivity contribution in [3.8, 4) is 11.4 Å². The summed E-state index contributed by atoms with van der Waals surface area (Å²) in [5, 5.41) is 12.2. The standard InChI is InChI=1S/C18H23ClN4O2/c1-3-15(25-2)18(24)20-12-8-9-14(19)13(11-12)17-22-21-16-7-5-4-6-10-23(16)17/h8-9,11,15H,3-7,10H2,1-2H3,(H,20,24). The molecule has 3 rings (SSSR count). The highest BCUT2D eigenvalue weighted by Gasteiger charge is 2.20. The van der Waals surface area contributed by atoms with Crippen molar-refractivity contribution in [2.24, 2.45) is 0 Å². The van der Waals surface area contributed by atoms with Crippen LogP contribution in [-0.4, -0.2) is 33.9 Å². The Balaban J connectivity index is 1.90. The summed E-state index contributed by atoms with van der Waals surface area (Å²) in [6, 6.07) is 5.41. The molecule has 0 spiro atoms. The van der Waals surface area contributed by atoms with Gasteiger partial charge in [0.15, 0.2) is 5.82 Å². The second kappa shape index (κ2) is 7.97. The molecule has 6 nitrogen and oxygen atoms in total. The van der Waals surface area contributed by atoms with E-state index >= 15 is 0 Å². The molecule has 2 heterocycles. The average Bonchev–Trinajstić information content (AvgIpc) is 2.85. The van der Waals surface area contributed by atoms with Crippen LogP contribution in [0.4, 0.5) is 5.69 Å². The zero-order valence-electron chi connectivity index (χ0n) is 14.6. The van der Waals surface area contributed by atoms with Crippen LogP contribution in [0.5, 0.6) is 0 Å². The van der Waals surface area contributed by atoms with E-state index in [0.717, 1.165) is 43.0 Å². The summed E-state index contributed by atoms with van der Waals surface area (Å²) in [4.78, 5) is 12.2. The normalized spacial score (nSPS) is 15.3. The highest BCUT2D eigenvalue weighted by Crippen LogP contribution is 2.31. The number of ether oxygens (including phenoxy) is 1. The molecule has 1 amide bonds. The van der Waals surface area contributed by atoms with Gasteiger partial charge in [-0.1, -0.05) is 24.9 Å². The highest BCUT2D eigenvalue weighted by atomic mass is 35.5. The van der Waals surface area contributed by atoms with Gasteiger partial charge in [0.25, 0.3) is 5.91 Å². The second-order valence-electron chi connectivity index (χ2n) is 6.22. The fourth-order valence-corrected chi connectivity index (χ4v) is 3.34. The van der Waals surface area contributed by atoms with Crippen LogP contribution in [0.1, 0.15) is 38.4 Å². The predicted octanol–water partition coefficient (Wildman–Crippen LogP) is 3.69. The Morgan fingerprint density at radius 3 is 2.96 bits per heavy atom. The molecule has 0 radical (unpaired) electrons. The summed E-state index contributed by atoms with van der Waals surface area (Å²) < 4.78 is 7.33. The number of amides is 1. The maximum absolute atomic E-state index is 12.2. The lowest BCUT2D eigenvalue weighted by molar-refractivity contribution is -0.125. The van der Waals surface area contributed by atoms with Crippen LogP contribution >= 0.6 is 11.6 Å². The Labute approximate surface area is 152 Å². The Hall–Kier alpha value is -1.92. The summed E-state index contributed by atoms with van der Waals surface area (Å²) in [7, 11) is 1.53. The van der Waals surface area contributed by atoms with Crippen LogP contribution in [0.15, 0.2) is 18.2 Å². The summed E-state index contributed by atoms with van der Waals surface area (Å²) in [6.45, 7) is 2.80. The molecule has 1 aromatic carbocycles. The lowest BCUT2D eigenvalue weighted by atomic mass is 10.1. The largest absolute Gasteiger partial charge is 0.372 e. The predicted molar refractivity (Wildman–Crippen MR) is 97.7 cm³/mol. The van der Waals surface area contributed by atoms with Crippen molar-refractivity contribution in [1.29, 1.82) is 0 Å². The monoisotopic (exact) mass is 362 g/mol. The molecule has 134 valence electrons. The molecule has 0 saturated heterocycles. The number of hydrogen-bond acceptors (Lipinski definition) is 4. The molecule has 25 heavy (non-hydrogen) atoms. The number of methoxy groups -OCH3 is 1. The Morgan fingerprint density at radius 2 is 2.20 bits per heavy atom. The quantitative estimate of drug-likeness (QED) is 0.880. The van der Waals surface area contributed by atoms with Gasteiger partial charge < -0.3 is 14.6 Å². The number of aromatic nitrogens is 3. The number of rotatable bonds is 5. The van der Waals surface area contributed by atoms with Crippen molar-refractivity contribution >= 4 is 23.2 Å². The number of carbonyl (C=O) groups is 1. The molecular weight excluding hydrogens is 340 g/mol. The third-order valence-electron chi connectivity index (χ3n) is 4.53. The van der Waals surface area contributed by atoms with Crippen molar-refractivity contribution < 1.29 is 9.53 Å². The summed E-state index contributed by atoms with van der Waals surface area (Å²) in [5.41, 5.74) is 1.46. The molecule has 0 saturated carbocycles. The van der Waals surface area contributed by atoms with E-state index in [1.165, 1.54) is 13.5 Å². The van der Waals surface area contributed by atoms with Crippen LogP contribution < -0.4 is 5.32 Å². The molecule has 7 heteroatoms. The van der Waals surface area contributed by atoms with Crippen LogP contribution in [0, 0.1) is 0 Å². The number of carbonyl (C=O) groups excluding carboxylic acids is 1. The fraction of sp³-hybridized carbons (Fsp3) is 0.500. The van der Waals surface area contributed by atoms with E-state index in [1.54, 1.807) is 12.1 Å². The number of nitrogens with one attached hydrogen (secondary N) is 1. The van der Waals surface area contributed by atoms with E-state index in [9.17, 15) is 4.79 Å². The van der Waals surface area contributed by atoms with E-state index in [1.807, 2.05) is 13.0 Å². The Morgan fingerprint density at radius 1 is 1.36 bits per heavy atom. The summed E-state index contributed by atoms with van der Waals surface area (Å²) in [6.07, 6.45) is 4.52. The van der Waals surface area contributed by atoms with E-state index in [0.29, 0.717) is 17.1 Å². The molecule has 1 atom stereocenters. The lowest BCUT2D eigenvalue weighted by Gasteiger charge is -2.14. The molecule has 2 aromatic rings. The first-order valence-corrected chi connectivity index (χ1v) is 9.07. The van der Waals surface area contributed by atoms with Gasteiger partial charge in [0.2, 0.25) is 0 Å². The molecule has 1 unspecified atom stereocenters. The van der Waals surface area contributed by atoms with Crippen LogP contribution in [0.25, 0.3) is 11.4 Å². The van der Waals surface area contributed by atoms with Gasteiger partial charge in [-0.05, 0) is 37.5 Å². The van der Waals surface area contributed by atoms with Crippen molar-refractivity contribution in [3.63, 3.8) is 0 Å². The summed E-state index contributed by atoms with van der Waals surface area (Å²) in [5.74, 6) is 1.60. The molecule has 1 N–H and O–H groups in total. The fourth-order valence-electron chi connectivity index (χ4n) is 3.14. The third kappa shape index (κ3) is 3.85. The lowest BCUT2D eigenvalue weighted by Crippen LogP contribution is -2.28. The van der Waals surface area contributed by atoms with Gasteiger partial charge in [0.05, 0.1) is 5.02 Å². The molecule has 0 fully saturated rings. The van der Waals surface area contributed by atoms with Gasteiger partial charge >= 0.3 is 0 Å². The van der Waals surface area contributed by atoms with Crippen molar-refractivity contribution in [2.75, 3.05) is 12.4 Å². The number of benzene rings is 1. The van der Waals surface area contributed by atoms with Crippen LogP contribution in [0.2, 0.25) is 5.02 Å². The number of halogens is 1. The first kappa shape index (κ1) is 17.9. The number of anilines is 1. The van der Waals surface area contributed by atoms with E-state index in [2.05, 4.69) is 20.1 Å². The molecular formula is C18H23ClN4O2. The molecule has 0 bridgehead atoms. The van der Waals surface area contributed by atoms with Gasteiger partial charge in [0.1, 0.15) is 11.9 Å². The highest BCUT2D eigenvalue weighted by molar-refractivity contribution is 6.33. The maximum atomic E-state index is 12.2. The van der Waals surface area contributed by atoms with Crippen LogP contribution in [0.3, 0.4) is 0 Å². The zero-order valence-corrected chi connectivity index (χ0v) is 15.3. The van der Waals surface area contributed by atoms with Gasteiger partial charge in [-0.25, -0.2) is 0 Å². The topological polar surface area (TPSA) is 69.0 Å². The molecule has 0 aliphatic carbocycles. The van der Waals surface area contributed by atoms with Gasteiger partial charge in [-0.3, -0.25) is 4.79 Å². The second-order valence-corrected chi connectivity index (χ2v) is 6.63. The van der Waals surface area contributed by atoms with Crippen molar-refractivity contribution in [1.82, 2.24) is 14.8 Å².